The van der Waals surface area contributed by atoms with Gasteiger partial charge in [-0.3, -0.25) is 14.5 Å². The predicted molar refractivity (Wildman–Crippen MR) is 105 cm³/mol. The second-order valence-corrected chi connectivity index (χ2v) is 9.17. The summed E-state index contributed by atoms with van der Waals surface area (Å²) in [6.07, 6.45) is 5.56. The zero-order chi connectivity index (χ0) is 21.1. The number of carbonyl (C=O) groups excluding carboxylic acids is 3. The van der Waals surface area contributed by atoms with Gasteiger partial charge in [0, 0.05) is 6.54 Å². The number of nitrogens with one attached hydrogen (secondary N) is 2. The van der Waals surface area contributed by atoms with Crippen LogP contribution in [0.2, 0.25) is 0 Å². The topological polar surface area (TPSA) is 139 Å². The Bertz CT molecular complexity index is 890. The molecule has 0 unspecified atom stereocenters. The summed E-state index contributed by atoms with van der Waals surface area (Å²) in [7, 11) is -3.74. The highest BCUT2D eigenvalue weighted by molar-refractivity contribution is 7.89. The number of hydrogen-bond donors (Lipinski definition) is 3. The maximum atomic E-state index is 12.8. The minimum absolute atomic E-state index is 0.0243. The molecule has 1 saturated heterocycles. The Morgan fingerprint density at radius 2 is 1.72 bits per heavy atom. The molecule has 29 heavy (non-hydrogen) atoms. The molecule has 0 radical (unpaired) electrons. The Kier molecular flexibility index (Phi) is 6.23. The van der Waals surface area contributed by atoms with Gasteiger partial charge >= 0.3 is 6.03 Å². The molecule has 2 fully saturated rings. The van der Waals surface area contributed by atoms with Crippen LogP contribution in [0.1, 0.15) is 44.1 Å². The second-order valence-electron chi connectivity index (χ2n) is 7.61. The molecular formula is C19H26N4O5S. The third-order valence-corrected chi connectivity index (χ3v) is 6.42. The Hall–Kier alpha value is -2.46. The van der Waals surface area contributed by atoms with Crippen molar-refractivity contribution in [3.8, 4) is 0 Å². The molecule has 2 aliphatic rings. The Morgan fingerprint density at radius 3 is 2.31 bits per heavy atom. The molecule has 9 nitrogen and oxygen atoms in total. The van der Waals surface area contributed by atoms with Crippen LogP contribution in [0.25, 0.3) is 0 Å². The van der Waals surface area contributed by atoms with Crippen molar-refractivity contribution in [1.82, 2.24) is 15.5 Å². The highest BCUT2D eigenvalue weighted by Crippen LogP contribution is 2.32. The summed E-state index contributed by atoms with van der Waals surface area (Å²) in [4.78, 5) is 38.3. The van der Waals surface area contributed by atoms with E-state index in [4.69, 9.17) is 5.14 Å². The molecular weight excluding hydrogens is 396 g/mol. The number of primary sulfonamides is 1. The fourth-order valence-corrected chi connectivity index (χ4v) is 4.40. The van der Waals surface area contributed by atoms with E-state index in [0.29, 0.717) is 25.8 Å². The molecule has 1 aromatic rings. The van der Waals surface area contributed by atoms with Crippen molar-refractivity contribution in [2.75, 3.05) is 13.1 Å². The largest absolute Gasteiger partial charge is 0.354 e. The third-order valence-electron chi connectivity index (χ3n) is 5.49. The van der Waals surface area contributed by atoms with Crippen molar-refractivity contribution in [3.05, 3.63) is 29.8 Å². The molecule has 4 amide bonds. The molecule has 0 bridgehead atoms. The lowest BCUT2D eigenvalue weighted by molar-refractivity contribution is -0.135. The summed E-state index contributed by atoms with van der Waals surface area (Å²) in [6.45, 7) is -0.0148. The van der Waals surface area contributed by atoms with Crippen molar-refractivity contribution < 1.29 is 22.8 Å². The van der Waals surface area contributed by atoms with Crippen LogP contribution >= 0.6 is 0 Å². The molecule has 4 N–H and O–H groups in total. The molecule has 1 aliphatic carbocycles. The first-order valence-electron chi connectivity index (χ1n) is 9.74. The number of nitrogens with two attached hydrogens (primary N) is 1. The Morgan fingerprint density at radius 1 is 1.10 bits per heavy atom. The van der Waals surface area contributed by atoms with E-state index in [0.717, 1.165) is 36.1 Å². The summed E-state index contributed by atoms with van der Waals surface area (Å²) < 4.78 is 22.5. The van der Waals surface area contributed by atoms with Crippen molar-refractivity contribution in [3.63, 3.8) is 0 Å². The van der Waals surface area contributed by atoms with E-state index in [-0.39, 0.29) is 17.3 Å². The van der Waals surface area contributed by atoms with Crippen LogP contribution in [0.3, 0.4) is 0 Å². The van der Waals surface area contributed by atoms with Crippen LogP contribution in [0.5, 0.6) is 0 Å². The summed E-state index contributed by atoms with van der Waals surface area (Å²) >= 11 is 0. The number of nitrogens with zero attached hydrogens (tertiary/aromatic N) is 1. The number of benzene rings is 1. The fourth-order valence-electron chi connectivity index (χ4n) is 3.88. The van der Waals surface area contributed by atoms with Crippen LogP contribution < -0.4 is 15.8 Å². The van der Waals surface area contributed by atoms with Crippen LogP contribution in [0.15, 0.2) is 29.2 Å². The molecule has 1 heterocycles. The molecule has 0 aromatic heterocycles. The molecule has 0 atom stereocenters. The minimum atomic E-state index is -3.74. The molecule has 1 spiro atoms. The molecule has 1 aliphatic heterocycles. The monoisotopic (exact) mass is 422 g/mol. The fraction of sp³-hybridized carbons (Fsp3) is 0.526. The van der Waals surface area contributed by atoms with E-state index in [1.165, 1.54) is 12.1 Å². The Labute approximate surface area is 170 Å². The van der Waals surface area contributed by atoms with Gasteiger partial charge in [-0.25, -0.2) is 18.4 Å². The van der Waals surface area contributed by atoms with Crippen molar-refractivity contribution in [2.24, 2.45) is 5.14 Å². The maximum absolute atomic E-state index is 12.8. The van der Waals surface area contributed by atoms with Gasteiger partial charge in [0.1, 0.15) is 12.1 Å². The second kappa shape index (κ2) is 8.50. The lowest BCUT2D eigenvalue weighted by Gasteiger charge is -2.24. The summed E-state index contributed by atoms with van der Waals surface area (Å²) in [5.41, 5.74) is -0.0241. The van der Waals surface area contributed by atoms with Gasteiger partial charge in [-0.05, 0) is 37.0 Å². The van der Waals surface area contributed by atoms with Gasteiger partial charge in [0.2, 0.25) is 15.9 Å². The molecule has 1 aromatic carbocycles. The van der Waals surface area contributed by atoms with E-state index in [9.17, 15) is 22.8 Å². The van der Waals surface area contributed by atoms with Gasteiger partial charge in [0.25, 0.3) is 5.91 Å². The summed E-state index contributed by atoms with van der Waals surface area (Å²) in [5, 5.41) is 10.6. The molecule has 1 saturated carbocycles. The highest BCUT2D eigenvalue weighted by atomic mass is 32.2. The summed E-state index contributed by atoms with van der Waals surface area (Å²) in [6, 6.07) is 5.56. The zero-order valence-electron chi connectivity index (χ0n) is 16.1. The lowest BCUT2D eigenvalue weighted by atomic mass is 9.90. The van der Waals surface area contributed by atoms with Crippen LogP contribution in [-0.4, -0.2) is 49.8 Å². The van der Waals surface area contributed by atoms with Crippen molar-refractivity contribution in [2.45, 2.75) is 55.4 Å². The molecule has 158 valence electrons. The van der Waals surface area contributed by atoms with Crippen molar-refractivity contribution in [1.29, 1.82) is 0 Å². The van der Waals surface area contributed by atoms with Gasteiger partial charge in [-0.15, -0.1) is 0 Å². The average molecular weight is 423 g/mol. The first-order valence-corrected chi connectivity index (χ1v) is 11.3. The number of hydrogen-bond acceptors (Lipinski definition) is 5. The SMILES string of the molecule is NS(=O)(=O)c1ccc(CCNC(=O)CN2C(=O)NC3(CCCCCC3)C2=O)cc1. The first-order chi connectivity index (χ1) is 13.7. The van der Waals surface area contributed by atoms with E-state index in [2.05, 4.69) is 10.6 Å². The molecule has 3 rings (SSSR count). The quantitative estimate of drug-likeness (QED) is 0.577. The van der Waals surface area contributed by atoms with Crippen LogP contribution in [0, 0.1) is 0 Å². The van der Waals surface area contributed by atoms with E-state index in [1.807, 2.05) is 0 Å². The van der Waals surface area contributed by atoms with E-state index >= 15 is 0 Å². The van der Waals surface area contributed by atoms with Gasteiger partial charge in [-0.1, -0.05) is 37.8 Å². The zero-order valence-corrected chi connectivity index (χ0v) is 17.0. The van der Waals surface area contributed by atoms with E-state index in [1.54, 1.807) is 12.1 Å². The third kappa shape index (κ3) is 4.94. The van der Waals surface area contributed by atoms with Gasteiger partial charge in [0.05, 0.1) is 4.90 Å². The summed E-state index contributed by atoms with van der Waals surface area (Å²) in [5.74, 6) is -0.724. The average Bonchev–Trinajstić information content (AvgIpc) is 2.83. The highest BCUT2D eigenvalue weighted by Gasteiger charge is 2.51. The van der Waals surface area contributed by atoms with Crippen molar-refractivity contribution >= 4 is 27.9 Å². The number of imide groups is 1. The first kappa shape index (κ1) is 21.3. The van der Waals surface area contributed by atoms with Gasteiger partial charge in [0.15, 0.2) is 0 Å². The van der Waals surface area contributed by atoms with E-state index < -0.39 is 27.5 Å². The molecule has 10 heteroatoms. The van der Waals surface area contributed by atoms with Crippen LogP contribution in [0.4, 0.5) is 4.79 Å². The Balaban J connectivity index is 1.50. The van der Waals surface area contributed by atoms with Gasteiger partial charge in [-0.2, -0.15) is 0 Å². The minimum Gasteiger partial charge on any atom is -0.354 e. The number of urea groups is 1. The van der Waals surface area contributed by atoms with Crippen LogP contribution in [-0.2, 0) is 26.0 Å². The van der Waals surface area contributed by atoms with Gasteiger partial charge < -0.3 is 10.6 Å². The normalized spacial score (nSPS) is 19.1. The number of amides is 4. The number of sulfonamides is 1. The smallest absolute Gasteiger partial charge is 0.325 e. The maximum Gasteiger partial charge on any atom is 0.325 e. The lowest BCUT2D eigenvalue weighted by Crippen LogP contribution is -2.47. The predicted octanol–water partition coefficient (Wildman–Crippen LogP) is 0.637. The number of carbonyl (C=O) groups is 3. The standard InChI is InChI=1S/C19H26N4O5S/c20-29(27,28)15-7-5-14(6-8-15)9-12-21-16(24)13-23-17(25)19(22-18(23)26)10-3-1-2-4-11-19/h5-8H,1-4,9-13H2,(H,21,24)(H,22,26)(H2,20,27,28). The number of rotatable bonds is 6.